The number of morpholine rings is 1. The number of aryl methyl sites for hydroxylation is 1. The summed E-state index contributed by atoms with van der Waals surface area (Å²) in [7, 11) is 0. The van der Waals surface area contributed by atoms with E-state index in [1.54, 1.807) is 0 Å². The molecule has 0 spiro atoms. The van der Waals surface area contributed by atoms with Crippen LogP contribution in [0.1, 0.15) is 26.1 Å². The fourth-order valence-corrected chi connectivity index (χ4v) is 3.03. The number of aromatic nitrogens is 2. The number of benzene rings is 1. The van der Waals surface area contributed by atoms with Gasteiger partial charge in [0.05, 0.1) is 23.2 Å². The van der Waals surface area contributed by atoms with Gasteiger partial charge in [-0.1, -0.05) is 12.1 Å². The van der Waals surface area contributed by atoms with Crippen molar-refractivity contribution in [2.24, 2.45) is 0 Å². The third-order valence-corrected chi connectivity index (χ3v) is 4.01. The predicted octanol–water partition coefficient (Wildman–Crippen LogP) is 2.31. The number of nitrogens with one attached hydrogen (secondary N) is 2. The molecule has 2 atom stereocenters. The minimum Gasteiger partial charge on any atom is -0.372 e. The second-order valence-corrected chi connectivity index (χ2v) is 6.20. The molecular weight excluding hydrogens is 292 g/mol. The lowest BCUT2D eigenvalue weighted by Gasteiger charge is -2.35. The van der Waals surface area contributed by atoms with E-state index in [2.05, 4.69) is 15.3 Å². The second-order valence-electron chi connectivity index (χ2n) is 6.20. The molecule has 6 nitrogen and oxygen atoms in total. The van der Waals surface area contributed by atoms with Gasteiger partial charge in [-0.2, -0.15) is 0 Å². The van der Waals surface area contributed by atoms with Crippen LogP contribution in [0.15, 0.2) is 24.3 Å². The number of aromatic amines is 1. The van der Waals surface area contributed by atoms with E-state index in [4.69, 9.17) is 4.74 Å². The van der Waals surface area contributed by atoms with Gasteiger partial charge in [-0.05, 0) is 32.4 Å². The molecule has 1 aromatic carbocycles. The summed E-state index contributed by atoms with van der Waals surface area (Å²) in [6.07, 6.45) is 1.88. The first-order valence-electron chi connectivity index (χ1n) is 8.23. The van der Waals surface area contributed by atoms with Crippen molar-refractivity contribution in [2.75, 3.05) is 19.6 Å². The Balaban J connectivity index is 1.43. The minimum absolute atomic E-state index is 0.00314. The van der Waals surface area contributed by atoms with Crippen molar-refractivity contribution in [1.29, 1.82) is 0 Å². The van der Waals surface area contributed by atoms with Gasteiger partial charge in [0.25, 0.3) is 0 Å². The largest absolute Gasteiger partial charge is 0.372 e. The van der Waals surface area contributed by atoms with E-state index in [0.29, 0.717) is 19.6 Å². The Morgan fingerprint density at radius 1 is 1.35 bits per heavy atom. The number of para-hydroxylation sites is 2. The number of hydrogen-bond acceptors (Lipinski definition) is 3. The van der Waals surface area contributed by atoms with Gasteiger partial charge in [0.2, 0.25) is 0 Å². The van der Waals surface area contributed by atoms with Crippen LogP contribution in [0.5, 0.6) is 0 Å². The zero-order chi connectivity index (χ0) is 16.2. The Morgan fingerprint density at radius 2 is 2.09 bits per heavy atom. The first kappa shape index (κ1) is 15.8. The minimum atomic E-state index is -0.00314. The zero-order valence-electron chi connectivity index (χ0n) is 13.7. The monoisotopic (exact) mass is 316 g/mol. The van der Waals surface area contributed by atoms with Gasteiger partial charge in [-0.25, -0.2) is 9.78 Å². The topological polar surface area (TPSA) is 70.2 Å². The van der Waals surface area contributed by atoms with E-state index < -0.39 is 0 Å². The number of H-pyrrole nitrogens is 1. The number of ether oxygens (including phenoxy) is 1. The number of fused-ring (bicyclic) bond motifs is 1. The number of carbonyl (C=O) groups is 1. The van der Waals surface area contributed by atoms with E-state index in [1.807, 2.05) is 43.0 Å². The van der Waals surface area contributed by atoms with Crippen molar-refractivity contribution >= 4 is 17.1 Å². The fraction of sp³-hybridized carbons (Fsp3) is 0.529. The van der Waals surface area contributed by atoms with Crippen LogP contribution in [0.25, 0.3) is 11.0 Å². The van der Waals surface area contributed by atoms with E-state index in [1.165, 1.54) is 0 Å². The summed E-state index contributed by atoms with van der Waals surface area (Å²) in [4.78, 5) is 21.9. The van der Waals surface area contributed by atoms with Gasteiger partial charge < -0.3 is 19.9 Å². The van der Waals surface area contributed by atoms with Gasteiger partial charge in [0, 0.05) is 26.1 Å². The number of urea groups is 1. The molecule has 2 heterocycles. The summed E-state index contributed by atoms with van der Waals surface area (Å²) in [5.74, 6) is 0.967. The summed E-state index contributed by atoms with van der Waals surface area (Å²) in [6.45, 7) is 5.95. The molecule has 124 valence electrons. The highest BCUT2D eigenvalue weighted by Crippen LogP contribution is 2.12. The quantitative estimate of drug-likeness (QED) is 0.850. The van der Waals surface area contributed by atoms with Crippen LogP contribution in [-0.2, 0) is 11.2 Å². The Morgan fingerprint density at radius 3 is 2.83 bits per heavy atom. The zero-order valence-corrected chi connectivity index (χ0v) is 13.7. The molecule has 2 aromatic rings. The first-order chi connectivity index (χ1) is 11.1. The van der Waals surface area contributed by atoms with Crippen molar-refractivity contribution in [2.45, 2.75) is 38.9 Å². The van der Waals surface area contributed by atoms with Crippen molar-refractivity contribution in [1.82, 2.24) is 20.2 Å². The molecule has 0 unspecified atom stereocenters. The summed E-state index contributed by atoms with van der Waals surface area (Å²) in [5, 5.41) is 2.99. The molecule has 0 radical (unpaired) electrons. The number of imidazole rings is 1. The van der Waals surface area contributed by atoms with E-state index in [9.17, 15) is 4.79 Å². The van der Waals surface area contributed by atoms with Crippen molar-refractivity contribution in [3.8, 4) is 0 Å². The molecule has 1 fully saturated rings. The molecule has 2 amide bonds. The lowest BCUT2D eigenvalue weighted by atomic mass is 10.2. The predicted molar refractivity (Wildman–Crippen MR) is 89.4 cm³/mol. The van der Waals surface area contributed by atoms with E-state index in [-0.39, 0.29) is 18.2 Å². The normalized spacial score (nSPS) is 21.6. The summed E-state index contributed by atoms with van der Waals surface area (Å²) >= 11 is 0. The molecule has 23 heavy (non-hydrogen) atoms. The molecule has 0 bridgehead atoms. The number of amides is 2. The number of nitrogens with zero attached hydrogens (tertiary/aromatic N) is 2. The van der Waals surface area contributed by atoms with Gasteiger partial charge >= 0.3 is 6.03 Å². The van der Waals surface area contributed by atoms with Gasteiger partial charge in [-0.3, -0.25) is 0 Å². The Labute approximate surface area is 136 Å². The standard InChI is InChI=1S/C17H24N4O2/c1-12-10-21(11-13(2)23-12)17(22)18-9-5-8-16-19-14-6-3-4-7-15(14)20-16/h3-4,6-7,12-13H,5,8-11H2,1-2H3,(H,18,22)(H,19,20)/t12-,13+. The molecule has 1 aliphatic heterocycles. The van der Waals surface area contributed by atoms with Crippen LogP contribution in [-0.4, -0.2) is 52.7 Å². The van der Waals surface area contributed by atoms with Crippen molar-refractivity contribution < 1.29 is 9.53 Å². The average Bonchev–Trinajstić information content (AvgIpc) is 2.93. The molecule has 2 N–H and O–H groups in total. The van der Waals surface area contributed by atoms with E-state index in [0.717, 1.165) is 29.7 Å². The summed E-state index contributed by atoms with van der Waals surface area (Å²) in [5.41, 5.74) is 2.05. The third kappa shape index (κ3) is 4.01. The maximum Gasteiger partial charge on any atom is 0.317 e. The molecule has 1 aromatic heterocycles. The Hall–Kier alpha value is -2.08. The van der Waals surface area contributed by atoms with Gasteiger partial charge in [0.15, 0.2) is 0 Å². The van der Waals surface area contributed by atoms with Gasteiger partial charge in [0.1, 0.15) is 5.82 Å². The van der Waals surface area contributed by atoms with Crippen LogP contribution in [0.4, 0.5) is 4.79 Å². The maximum atomic E-state index is 12.2. The highest BCUT2D eigenvalue weighted by atomic mass is 16.5. The third-order valence-electron chi connectivity index (χ3n) is 4.01. The van der Waals surface area contributed by atoms with Gasteiger partial charge in [-0.15, -0.1) is 0 Å². The smallest absolute Gasteiger partial charge is 0.317 e. The highest BCUT2D eigenvalue weighted by molar-refractivity contribution is 5.75. The lowest BCUT2D eigenvalue weighted by Crippen LogP contribution is -2.51. The van der Waals surface area contributed by atoms with Crippen LogP contribution >= 0.6 is 0 Å². The average molecular weight is 316 g/mol. The lowest BCUT2D eigenvalue weighted by molar-refractivity contribution is -0.0545. The molecular formula is C17H24N4O2. The summed E-state index contributed by atoms with van der Waals surface area (Å²) in [6, 6.07) is 8.00. The Bertz CT molecular complexity index is 626. The molecule has 3 rings (SSSR count). The number of hydrogen-bond donors (Lipinski definition) is 2. The van der Waals surface area contributed by atoms with Crippen molar-refractivity contribution in [3.63, 3.8) is 0 Å². The SMILES string of the molecule is C[C@@H]1CN(C(=O)NCCCc2nc3ccccc3[nH]2)C[C@H](C)O1. The van der Waals surface area contributed by atoms with Crippen LogP contribution in [0.2, 0.25) is 0 Å². The van der Waals surface area contributed by atoms with E-state index >= 15 is 0 Å². The second kappa shape index (κ2) is 7.00. The van der Waals surface area contributed by atoms with Crippen LogP contribution in [0, 0.1) is 0 Å². The molecule has 1 saturated heterocycles. The summed E-state index contributed by atoms with van der Waals surface area (Å²) < 4.78 is 5.64. The Kier molecular flexibility index (Phi) is 4.81. The van der Waals surface area contributed by atoms with Crippen molar-refractivity contribution in [3.05, 3.63) is 30.1 Å². The fourth-order valence-electron chi connectivity index (χ4n) is 3.03. The highest BCUT2D eigenvalue weighted by Gasteiger charge is 2.25. The van der Waals surface area contributed by atoms with Crippen LogP contribution < -0.4 is 5.32 Å². The first-order valence-corrected chi connectivity index (χ1v) is 8.23. The molecule has 1 aliphatic rings. The molecule has 6 heteroatoms. The molecule has 0 saturated carbocycles. The number of rotatable bonds is 4. The van der Waals surface area contributed by atoms with Crippen LogP contribution in [0.3, 0.4) is 0 Å². The number of carbonyl (C=O) groups excluding carboxylic acids is 1. The molecule has 0 aliphatic carbocycles. The maximum absolute atomic E-state index is 12.2.